The summed E-state index contributed by atoms with van der Waals surface area (Å²) in [4.78, 5) is 9.85. The Morgan fingerprint density at radius 3 is 2.53 bits per heavy atom. The van der Waals surface area contributed by atoms with Crippen LogP contribution in [0.25, 0.3) is 5.57 Å². The molecule has 0 saturated carbocycles. The number of benzene rings is 1. The van der Waals surface area contributed by atoms with Crippen LogP contribution < -0.4 is 0 Å². The average molecular weight is 250 g/mol. The standard InChI is InChI=1S/C9H6Cl2FNO2/c1-5(9(10)11)7-4-6(13(14)15)2-3-8(7)12/h2-4H,1H3. The van der Waals surface area contributed by atoms with E-state index >= 15 is 0 Å². The van der Waals surface area contributed by atoms with Crippen molar-refractivity contribution in [3.8, 4) is 0 Å². The Bertz CT molecular complexity index is 442. The Morgan fingerprint density at radius 2 is 2.07 bits per heavy atom. The van der Waals surface area contributed by atoms with Crippen LogP contribution >= 0.6 is 23.2 Å². The van der Waals surface area contributed by atoms with Gasteiger partial charge in [0.05, 0.1) is 4.92 Å². The predicted octanol–water partition coefficient (Wildman–Crippen LogP) is 3.90. The van der Waals surface area contributed by atoms with Crippen LogP contribution in [0.5, 0.6) is 0 Å². The van der Waals surface area contributed by atoms with Gasteiger partial charge in [-0.3, -0.25) is 10.1 Å². The maximum absolute atomic E-state index is 13.3. The summed E-state index contributed by atoms with van der Waals surface area (Å²) in [6, 6.07) is 3.18. The maximum Gasteiger partial charge on any atom is 0.270 e. The van der Waals surface area contributed by atoms with Crippen molar-refractivity contribution >= 4 is 34.5 Å². The van der Waals surface area contributed by atoms with Crippen LogP contribution in [-0.4, -0.2) is 4.92 Å². The fourth-order valence-electron chi connectivity index (χ4n) is 1.02. The lowest BCUT2D eigenvalue weighted by Gasteiger charge is -2.03. The van der Waals surface area contributed by atoms with Crippen molar-refractivity contribution in [2.24, 2.45) is 0 Å². The second-order valence-corrected chi connectivity index (χ2v) is 3.76. The molecule has 15 heavy (non-hydrogen) atoms. The molecule has 0 fully saturated rings. The molecule has 0 N–H and O–H groups in total. The first-order chi connectivity index (χ1) is 6.93. The van der Waals surface area contributed by atoms with E-state index in [0.717, 1.165) is 18.2 Å². The van der Waals surface area contributed by atoms with Gasteiger partial charge < -0.3 is 0 Å². The molecular weight excluding hydrogens is 244 g/mol. The Morgan fingerprint density at radius 1 is 1.47 bits per heavy atom. The van der Waals surface area contributed by atoms with Crippen LogP contribution in [0.15, 0.2) is 22.7 Å². The Labute approximate surface area is 95.3 Å². The number of nitrogens with zero attached hydrogens (tertiary/aromatic N) is 1. The number of non-ortho nitro benzene ring substituents is 1. The van der Waals surface area contributed by atoms with E-state index in [9.17, 15) is 14.5 Å². The summed E-state index contributed by atoms with van der Waals surface area (Å²) in [5, 5.41) is 10.5. The second-order valence-electron chi connectivity index (χ2n) is 2.81. The molecule has 0 aliphatic rings. The number of hydrogen-bond acceptors (Lipinski definition) is 2. The van der Waals surface area contributed by atoms with Crippen molar-refractivity contribution in [1.29, 1.82) is 0 Å². The van der Waals surface area contributed by atoms with E-state index in [1.54, 1.807) is 0 Å². The van der Waals surface area contributed by atoms with Gasteiger partial charge in [0.15, 0.2) is 0 Å². The number of allylic oxidation sites excluding steroid dienone is 1. The van der Waals surface area contributed by atoms with Crippen LogP contribution in [0.2, 0.25) is 0 Å². The molecule has 0 spiro atoms. The summed E-state index contributed by atoms with van der Waals surface area (Å²) in [5.74, 6) is -0.600. The van der Waals surface area contributed by atoms with Crippen molar-refractivity contribution in [1.82, 2.24) is 0 Å². The predicted molar refractivity (Wildman–Crippen MR) is 57.4 cm³/mol. The molecule has 0 amide bonds. The highest BCUT2D eigenvalue weighted by atomic mass is 35.5. The highest BCUT2D eigenvalue weighted by molar-refractivity contribution is 6.58. The van der Waals surface area contributed by atoms with E-state index in [0.29, 0.717) is 0 Å². The molecule has 80 valence electrons. The van der Waals surface area contributed by atoms with Gasteiger partial charge in [-0.15, -0.1) is 0 Å². The van der Waals surface area contributed by atoms with Gasteiger partial charge in [0.2, 0.25) is 0 Å². The van der Waals surface area contributed by atoms with Crippen LogP contribution in [0, 0.1) is 15.9 Å². The molecule has 0 unspecified atom stereocenters. The number of nitro groups is 1. The van der Waals surface area contributed by atoms with Crippen LogP contribution in [0.3, 0.4) is 0 Å². The third-order valence-electron chi connectivity index (χ3n) is 1.85. The molecule has 0 saturated heterocycles. The van der Waals surface area contributed by atoms with Gasteiger partial charge in [-0.05, 0) is 18.6 Å². The lowest BCUT2D eigenvalue weighted by molar-refractivity contribution is -0.384. The van der Waals surface area contributed by atoms with Crippen molar-refractivity contribution < 1.29 is 9.31 Å². The van der Waals surface area contributed by atoms with Gasteiger partial charge in [0.1, 0.15) is 10.3 Å². The summed E-state index contributed by atoms with van der Waals surface area (Å²) < 4.78 is 13.2. The highest BCUT2D eigenvalue weighted by Gasteiger charge is 2.13. The van der Waals surface area contributed by atoms with Crippen molar-refractivity contribution in [3.63, 3.8) is 0 Å². The number of nitro benzene ring substituents is 1. The zero-order valence-electron chi connectivity index (χ0n) is 7.63. The largest absolute Gasteiger partial charge is 0.270 e. The minimum absolute atomic E-state index is 0.0317. The topological polar surface area (TPSA) is 43.1 Å². The zero-order valence-corrected chi connectivity index (χ0v) is 9.14. The fraction of sp³-hybridized carbons (Fsp3) is 0.111. The van der Waals surface area contributed by atoms with Gasteiger partial charge in [-0.2, -0.15) is 0 Å². The van der Waals surface area contributed by atoms with Crippen LogP contribution in [0.4, 0.5) is 10.1 Å². The van der Waals surface area contributed by atoms with E-state index in [2.05, 4.69) is 0 Å². The Kier molecular flexibility index (Phi) is 3.66. The van der Waals surface area contributed by atoms with Crippen molar-refractivity contribution in [2.75, 3.05) is 0 Å². The lowest BCUT2D eigenvalue weighted by atomic mass is 10.1. The molecule has 3 nitrogen and oxygen atoms in total. The highest BCUT2D eigenvalue weighted by Crippen LogP contribution is 2.28. The second kappa shape index (κ2) is 4.59. The van der Waals surface area contributed by atoms with Gasteiger partial charge in [-0.25, -0.2) is 4.39 Å². The summed E-state index contributed by atoms with van der Waals surface area (Å²) >= 11 is 11.0. The molecule has 1 aromatic carbocycles. The lowest BCUT2D eigenvalue weighted by Crippen LogP contribution is -1.93. The first kappa shape index (κ1) is 11.9. The van der Waals surface area contributed by atoms with Gasteiger partial charge in [-0.1, -0.05) is 23.2 Å². The molecule has 0 aromatic heterocycles. The first-order valence-corrected chi connectivity index (χ1v) is 4.65. The van der Waals surface area contributed by atoms with E-state index in [1.165, 1.54) is 6.92 Å². The van der Waals surface area contributed by atoms with E-state index in [-0.39, 0.29) is 21.3 Å². The Balaban J connectivity index is 3.35. The SMILES string of the molecule is CC(=C(Cl)Cl)c1cc([N+](=O)[O-])ccc1F. The molecule has 0 heterocycles. The number of hydrogen-bond donors (Lipinski definition) is 0. The van der Waals surface area contributed by atoms with Gasteiger partial charge >= 0.3 is 0 Å². The molecular formula is C9H6Cl2FNO2. The van der Waals surface area contributed by atoms with Crippen LogP contribution in [-0.2, 0) is 0 Å². The molecule has 1 aromatic rings. The molecule has 0 bridgehead atoms. The quantitative estimate of drug-likeness (QED) is 0.590. The average Bonchev–Trinajstić information content (AvgIpc) is 2.16. The zero-order chi connectivity index (χ0) is 11.6. The summed E-state index contributed by atoms with van der Waals surface area (Å²) in [6.45, 7) is 1.48. The molecule has 6 heteroatoms. The summed E-state index contributed by atoms with van der Waals surface area (Å²) in [7, 11) is 0. The number of rotatable bonds is 2. The molecule has 0 aliphatic carbocycles. The van der Waals surface area contributed by atoms with E-state index in [4.69, 9.17) is 23.2 Å². The Hall–Kier alpha value is -1.13. The number of halogens is 3. The van der Waals surface area contributed by atoms with E-state index in [1.807, 2.05) is 0 Å². The molecule has 0 radical (unpaired) electrons. The molecule has 0 atom stereocenters. The van der Waals surface area contributed by atoms with E-state index < -0.39 is 10.7 Å². The smallest absolute Gasteiger partial charge is 0.258 e. The normalized spacial score (nSPS) is 9.87. The summed E-state index contributed by atoms with van der Waals surface area (Å²) in [6.07, 6.45) is 0. The van der Waals surface area contributed by atoms with Crippen molar-refractivity contribution in [2.45, 2.75) is 6.92 Å². The minimum atomic E-state index is -0.613. The first-order valence-electron chi connectivity index (χ1n) is 3.89. The fourth-order valence-corrected chi connectivity index (χ4v) is 1.22. The van der Waals surface area contributed by atoms with Gasteiger partial charge in [0.25, 0.3) is 5.69 Å². The molecule has 1 rings (SSSR count). The van der Waals surface area contributed by atoms with Crippen molar-refractivity contribution in [3.05, 3.63) is 44.2 Å². The minimum Gasteiger partial charge on any atom is -0.258 e. The monoisotopic (exact) mass is 249 g/mol. The maximum atomic E-state index is 13.3. The van der Waals surface area contributed by atoms with Crippen LogP contribution in [0.1, 0.15) is 12.5 Å². The van der Waals surface area contributed by atoms with Gasteiger partial charge in [0, 0.05) is 17.7 Å². The third kappa shape index (κ3) is 2.67. The molecule has 0 aliphatic heterocycles. The summed E-state index contributed by atoms with van der Waals surface area (Å²) in [5.41, 5.74) is 0.0871. The third-order valence-corrected chi connectivity index (χ3v) is 2.42.